The summed E-state index contributed by atoms with van der Waals surface area (Å²) in [5.41, 5.74) is 2.08. The number of aromatic nitrogens is 1. The third kappa shape index (κ3) is 3.07. The van der Waals surface area contributed by atoms with Crippen molar-refractivity contribution in [1.82, 2.24) is 4.98 Å². The van der Waals surface area contributed by atoms with Crippen molar-refractivity contribution in [2.75, 3.05) is 12.4 Å². The predicted octanol–water partition coefficient (Wildman–Crippen LogP) is 4.66. The molecule has 1 aliphatic carbocycles. The lowest BCUT2D eigenvalue weighted by Crippen LogP contribution is -2.43. The molecule has 0 radical (unpaired) electrons. The molecule has 1 heterocycles. The topological polar surface area (TPSA) is 51.2 Å². The number of allylic oxidation sites excluding steroid dienone is 2. The van der Waals surface area contributed by atoms with Gasteiger partial charge in [-0.25, -0.2) is 4.98 Å². The summed E-state index contributed by atoms with van der Waals surface area (Å²) in [4.78, 5) is 17.4. The molecule has 1 aromatic heterocycles. The van der Waals surface area contributed by atoms with E-state index in [2.05, 4.69) is 22.4 Å². The number of thiazole rings is 1. The molecular formula is C21H18N2O2S. The van der Waals surface area contributed by atoms with Gasteiger partial charge in [-0.15, -0.1) is 0 Å². The smallest absolute Gasteiger partial charge is 0.262 e. The Hall–Kier alpha value is -2.76. The Labute approximate surface area is 155 Å². The predicted molar refractivity (Wildman–Crippen MR) is 106 cm³/mol. The standard InChI is InChI=1S/C21H18N2O2S/c1-25-21(13-11-16(12-14-21)15-7-3-2-4-8-15)19(24)23-20-22-17-9-5-6-10-18(17)26-20/h2-13H,14H2,1H3,(H,22,23,24). The molecule has 4 rings (SSSR count). The molecule has 0 fully saturated rings. The van der Waals surface area contributed by atoms with Crippen molar-refractivity contribution >= 4 is 38.2 Å². The number of hydrogen-bond donors (Lipinski definition) is 1. The second-order valence-electron chi connectivity index (χ2n) is 6.10. The highest BCUT2D eigenvalue weighted by molar-refractivity contribution is 7.22. The van der Waals surface area contributed by atoms with E-state index >= 15 is 0 Å². The fraction of sp³-hybridized carbons (Fsp3) is 0.143. The Bertz CT molecular complexity index is 974. The minimum Gasteiger partial charge on any atom is -0.364 e. The number of nitrogens with zero attached hydrogens (tertiary/aromatic N) is 1. The number of carbonyl (C=O) groups is 1. The Morgan fingerprint density at radius 3 is 2.62 bits per heavy atom. The summed E-state index contributed by atoms with van der Waals surface area (Å²) in [6, 6.07) is 17.9. The van der Waals surface area contributed by atoms with E-state index in [1.54, 1.807) is 7.11 Å². The zero-order chi connectivity index (χ0) is 18.0. The zero-order valence-corrected chi connectivity index (χ0v) is 15.1. The van der Waals surface area contributed by atoms with Gasteiger partial charge in [-0.3, -0.25) is 10.1 Å². The minimum absolute atomic E-state index is 0.210. The molecule has 0 saturated heterocycles. The summed E-state index contributed by atoms with van der Waals surface area (Å²) in [6.07, 6.45) is 6.29. The van der Waals surface area contributed by atoms with Gasteiger partial charge in [-0.2, -0.15) is 0 Å². The molecule has 0 bridgehead atoms. The number of rotatable bonds is 4. The van der Waals surface area contributed by atoms with Gasteiger partial charge < -0.3 is 4.74 Å². The normalized spacial score (nSPS) is 19.3. The fourth-order valence-corrected chi connectivity index (χ4v) is 3.87. The van der Waals surface area contributed by atoms with Crippen LogP contribution in [0.5, 0.6) is 0 Å². The molecule has 2 aromatic carbocycles. The molecule has 3 aromatic rings. The van der Waals surface area contributed by atoms with Gasteiger partial charge in [0.2, 0.25) is 0 Å². The van der Waals surface area contributed by atoms with Gasteiger partial charge in [0.05, 0.1) is 10.2 Å². The molecule has 0 spiro atoms. The lowest BCUT2D eigenvalue weighted by molar-refractivity contribution is -0.132. The average molecular weight is 362 g/mol. The van der Waals surface area contributed by atoms with Gasteiger partial charge in [0.1, 0.15) is 0 Å². The summed E-state index contributed by atoms with van der Waals surface area (Å²) in [5, 5.41) is 3.49. The molecule has 130 valence electrons. The Kier molecular flexibility index (Phi) is 4.41. The molecule has 1 N–H and O–H groups in total. The maximum absolute atomic E-state index is 12.9. The van der Waals surface area contributed by atoms with Crippen LogP contribution in [0, 0.1) is 0 Å². The van der Waals surface area contributed by atoms with Crippen molar-refractivity contribution in [2.24, 2.45) is 0 Å². The molecule has 1 atom stereocenters. The second-order valence-corrected chi connectivity index (χ2v) is 7.13. The van der Waals surface area contributed by atoms with Crippen LogP contribution < -0.4 is 5.32 Å². The van der Waals surface area contributed by atoms with Gasteiger partial charge in [0, 0.05) is 13.5 Å². The maximum Gasteiger partial charge on any atom is 0.262 e. The van der Waals surface area contributed by atoms with Crippen LogP contribution in [0.15, 0.2) is 72.8 Å². The number of carbonyl (C=O) groups excluding carboxylic acids is 1. The highest BCUT2D eigenvalue weighted by Crippen LogP contribution is 2.32. The van der Waals surface area contributed by atoms with E-state index in [1.807, 2.05) is 60.7 Å². The third-order valence-electron chi connectivity index (χ3n) is 4.53. The fourth-order valence-electron chi connectivity index (χ4n) is 3.01. The number of nitrogens with one attached hydrogen (secondary N) is 1. The Morgan fingerprint density at radius 2 is 1.92 bits per heavy atom. The third-order valence-corrected chi connectivity index (χ3v) is 5.48. The molecule has 0 aliphatic heterocycles. The van der Waals surface area contributed by atoms with Crippen molar-refractivity contribution < 1.29 is 9.53 Å². The minimum atomic E-state index is -1.02. The quantitative estimate of drug-likeness (QED) is 0.734. The van der Waals surface area contributed by atoms with Crippen LogP contribution in [0.3, 0.4) is 0 Å². The molecule has 1 unspecified atom stereocenters. The Morgan fingerprint density at radius 1 is 1.15 bits per heavy atom. The van der Waals surface area contributed by atoms with Gasteiger partial charge in [0.25, 0.3) is 5.91 Å². The van der Waals surface area contributed by atoms with Crippen molar-refractivity contribution in [3.05, 3.63) is 78.4 Å². The van der Waals surface area contributed by atoms with Gasteiger partial charge in [-0.05, 0) is 29.3 Å². The molecule has 1 aliphatic rings. The number of para-hydroxylation sites is 1. The van der Waals surface area contributed by atoms with E-state index < -0.39 is 5.60 Å². The largest absolute Gasteiger partial charge is 0.364 e. The summed E-state index contributed by atoms with van der Waals surface area (Å²) in [6.45, 7) is 0. The molecule has 5 heteroatoms. The number of ether oxygens (including phenoxy) is 1. The van der Waals surface area contributed by atoms with Crippen LogP contribution in [-0.2, 0) is 9.53 Å². The first kappa shape index (κ1) is 16.7. The first-order valence-electron chi connectivity index (χ1n) is 8.37. The SMILES string of the molecule is COC1(C(=O)Nc2nc3ccccc3s2)C=CC(c2ccccc2)=CC1. The van der Waals surface area contributed by atoms with E-state index in [4.69, 9.17) is 4.74 Å². The number of methoxy groups -OCH3 is 1. The molecule has 0 saturated carbocycles. The summed E-state index contributed by atoms with van der Waals surface area (Å²) in [5.74, 6) is -0.210. The average Bonchev–Trinajstić information content (AvgIpc) is 3.11. The number of amides is 1. The van der Waals surface area contributed by atoms with E-state index in [0.717, 1.165) is 21.4 Å². The summed E-state index contributed by atoms with van der Waals surface area (Å²) in [7, 11) is 1.56. The lowest BCUT2D eigenvalue weighted by Gasteiger charge is -2.29. The van der Waals surface area contributed by atoms with E-state index in [1.165, 1.54) is 11.3 Å². The Balaban J connectivity index is 1.54. The first-order valence-corrected chi connectivity index (χ1v) is 9.19. The number of hydrogen-bond acceptors (Lipinski definition) is 4. The van der Waals surface area contributed by atoms with Gasteiger partial charge >= 0.3 is 0 Å². The highest BCUT2D eigenvalue weighted by atomic mass is 32.1. The van der Waals surface area contributed by atoms with Crippen molar-refractivity contribution in [2.45, 2.75) is 12.0 Å². The maximum atomic E-state index is 12.9. The van der Waals surface area contributed by atoms with Crippen LogP contribution in [0.2, 0.25) is 0 Å². The number of benzene rings is 2. The van der Waals surface area contributed by atoms with E-state index in [0.29, 0.717) is 11.6 Å². The summed E-state index contributed by atoms with van der Waals surface area (Å²) < 4.78 is 6.65. The van der Waals surface area contributed by atoms with Crippen LogP contribution in [0.1, 0.15) is 12.0 Å². The molecule has 1 amide bonds. The van der Waals surface area contributed by atoms with Crippen LogP contribution in [-0.4, -0.2) is 23.6 Å². The van der Waals surface area contributed by atoms with Crippen molar-refractivity contribution in [3.63, 3.8) is 0 Å². The van der Waals surface area contributed by atoms with E-state index in [-0.39, 0.29) is 5.91 Å². The zero-order valence-electron chi connectivity index (χ0n) is 14.3. The first-order chi connectivity index (χ1) is 12.7. The molecule has 4 nitrogen and oxygen atoms in total. The second kappa shape index (κ2) is 6.86. The van der Waals surface area contributed by atoms with Gasteiger partial charge in [-0.1, -0.05) is 66.0 Å². The van der Waals surface area contributed by atoms with Crippen molar-refractivity contribution in [1.29, 1.82) is 0 Å². The van der Waals surface area contributed by atoms with Gasteiger partial charge in [0.15, 0.2) is 10.7 Å². The van der Waals surface area contributed by atoms with Crippen LogP contribution >= 0.6 is 11.3 Å². The van der Waals surface area contributed by atoms with E-state index in [9.17, 15) is 4.79 Å². The number of anilines is 1. The van der Waals surface area contributed by atoms with Crippen LogP contribution in [0.4, 0.5) is 5.13 Å². The highest BCUT2D eigenvalue weighted by Gasteiger charge is 2.37. The number of fused-ring (bicyclic) bond motifs is 1. The molecule has 26 heavy (non-hydrogen) atoms. The van der Waals surface area contributed by atoms with Crippen molar-refractivity contribution in [3.8, 4) is 0 Å². The van der Waals surface area contributed by atoms with Crippen LogP contribution in [0.25, 0.3) is 15.8 Å². The lowest BCUT2D eigenvalue weighted by atomic mass is 9.88. The molecular weight excluding hydrogens is 344 g/mol. The summed E-state index contributed by atoms with van der Waals surface area (Å²) >= 11 is 1.46. The monoisotopic (exact) mass is 362 g/mol.